The van der Waals surface area contributed by atoms with E-state index in [0.29, 0.717) is 12.0 Å². The summed E-state index contributed by atoms with van der Waals surface area (Å²) in [7, 11) is 0. The van der Waals surface area contributed by atoms with Crippen LogP contribution in [-0.4, -0.2) is 31.1 Å². The molecule has 1 N–H and O–H groups in total. The first-order valence-corrected chi connectivity index (χ1v) is 7.50. The van der Waals surface area contributed by atoms with Gasteiger partial charge >= 0.3 is 6.18 Å². The van der Waals surface area contributed by atoms with Crippen LogP contribution >= 0.6 is 0 Å². The SMILES string of the molecule is FC(F)(F)c1cccc(C2(N3CCNCC3)C=CC=CC2)c1. The normalized spacial score (nSPS) is 26.3. The van der Waals surface area contributed by atoms with Crippen LogP contribution in [0.3, 0.4) is 0 Å². The highest BCUT2D eigenvalue weighted by Gasteiger charge is 2.38. The summed E-state index contributed by atoms with van der Waals surface area (Å²) in [6.07, 6.45) is 4.34. The van der Waals surface area contributed by atoms with E-state index < -0.39 is 17.3 Å². The second kappa shape index (κ2) is 5.89. The van der Waals surface area contributed by atoms with Crippen molar-refractivity contribution in [3.05, 3.63) is 59.7 Å². The summed E-state index contributed by atoms with van der Waals surface area (Å²) in [5.41, 5.74) is -0.342. The highest BCUT2D eigenvalue weighted by atomic mass is 19.4. The van der Waals surface area contributed by atoms with Crippen molar-refractivity contribution in [2.24, 2.45) is 0 Å². The quantitative estimate of drug-likeness (QED) is 0.901. The largest absolute Gasteiger partial charge is 0.416 e. The number of alkyl halides is 3. The van der Waals surface area contributed by atoms with E-state index in [1.54, 1.807) is 6.07 Å². The number of nitrogens with one attached hydrogen (secondary N) is 1. The second-order valence-corrected chi connectivity index (χ2v) is 5.73. The van der Waals surface area contributed by atoms with Gasteiger partial charge in [0.1, 0.15) is 0 Å². The summed E-state index contributed by atoms with van der Waals surface area (Å²) in [4.78, 5) is 2.28. The predicted molar refractivity (Wildman–Crippen MR) is 80.5 cm³/mol. The molecular weight excluding hydrogens is 289 g/mol. The first-order chi connectivity index (χ1) is 10.5. The predicted octanol–water partition coefficient (Wildman–Crippen LogP) is 3.32. The fourth-order valence-electron chi connectivity index (χ4n) is 3.27. The number of piperazine rings is 1. The van der Waals surface area contributed by atoms with Crippen molar-refractivity contribution in [2.75, 3.05) is 26.2 Å². The van der Waals surface area contributed by atoms with Crippen LogP contribution in [0.4, 0.5) is 13.2 Å². The van der Waals surface area contributed by atoms with E-state index in [9.17, 15) is 13.2 Å². The van der Waals surface area contributed by atoms with Crippen LogP contribution < -0.4 is 5.32 Å². The highest BCUT2D eigenvalue weighted by molar-refractivity contribution is 5.38. The minimum absolute atomic E-state index is 0.474. The van der Waals surface area contributed by atoms with Crippen molar-refractivity contribution in [1.29, 1.82) is 0 Å². The summed E-state index contributed by atoms with van der Waals surface area (Å²) >= 11 is 0. The lowest BCUT2D eigenvalue weighted by atomic mass is 9.81. The van der Waals surface area contributed by atoms with Gasteiger partial charge in [0.25, 0.3) is 0 Å². The van der Waals surface area contributed by atoms with Crippen molar-refractivity contribution in [3.8, 4) is 0 Å². The Morgan fingerprint density at radius 2 is 1.86 bits per heavy atom. The van der Waals surface area contributed by atoms with Gasteiger partial charge in [0, 0.05) is 26.2 Å². The van der Waals surface area contributed by atoms with Gasteiger partial charge in [-0.2, -0.15) is 13.2 Å². The van der Waals surface area contributed by atoms with E-state index in [2.05, 4.69) is 10.2 Å². The molecule has 1 aromatic carbocycles. The topological polar surface area (TPSA) is 15.3 Å². The molecule has 1 unspecified atom stereocenters. The third kappa shape index (κ3) is 2.83. The van der Waals surface area contributed by atoms with E-state index in [0.717, 1.165) is 32.2 Å². The Morgan fingerprint density at radius 3 is 2.50 bits per heavy atom. The second-order valence-electron chi connectivity index (χ2n) is 5.73. The van der Waals surface area contributed by atoms with Gasteiger partial charge in [-0.3, -0.25) is 4.90 Å². The third-order valence-electron chi connectivity index (χ3n) is 4.42. The molecule has 0 bridgehead atoms. The van der Waals surface area contributed by atoms with Crippen LogP contribution in [0.1, 0.15) is 17.5 Å². The molecule has 1 aliphatic heterocycles. The van der Waals surface area contributed by atoms with E-state index >= 15 is 0 Å². The van der Waals surface area contributed by atoms with Gasteiger partial charge < -0.3 is 5.32 Å². The highest BCUT2D eigenvalue weighted by Crippen LogP contribution is 2.39. The van der Waals surface area contributed by atoms with Crippen molar-refractivity contribution in [1.82, 2.24) is 10.2 Å². The maximum atomic E-state index is 13.0. The monoisotopic (exact) mass is 308 g/mol. The molecule has 2 aliphatic rings. The Morgan fingerprint density at radius 1 is 1.09 bits per heavy atom. The lowest BCUT2D eigenvalue weighted by Gasteiger charge is -2.45. The number of nitrogens with zero attached hydrogens (tertiary/aromatic N) is 1. The number of hydrogen-bond acceptors (Lipinski definition) is 2. The fraction of sp³-hybridized carbons (Fsp3) is 0.412. The Balaban J connectivity index is 2.03. The number of allylic oxidation sites excluding steroid dienone is 2. The summed E-state index contributed by atoms with van der Waals surface area (Å²) in [6.45, 7) is 3.37. The maximum absolute atomic E-state index is 13.0. The van der Waals surface area contributed by atoms with Crippen molar-refractivity contribution in [3.63, 3.8) is 0 Å². The van der Waals surface area contributed by atoms with E-state index in [1.807, 2.05) is 24.3 Å². The van der Waals surface area contributed by atoms with Crippen molar-refractivity contribution < 1.29 is 13.2 Å². The number of benzene rings is 1. The van der Waals surface area contributed by atoms with Gasteiger partial charge in [-0.25, -0.2) is 0 Å². The molecule has 5 heteroatoms. The first kappa shape index (κ1) is 15.3. The number of halogens is 3. The number of hydrogen-bond donors (Lipinski definition) is 1. The minimum atomic E-state index is -4.31. The van der Waals surface area contributed by atoms with Crippen molar-refractivity contribution >= 4 is 0 Å². The summed E-state index contributed by atoms with van der Waals surface area (Å²) in [5, 5.41) is 3.29. The van der Waals surface area contributed by atoms with Crippen LogP contribution in [0.2, 0.25) is 0 Å². The molecule has 22 heavy (non-hydrogen) atoms. The summed E-state index contributed by atoms with van der Waals surface area (Å²) < 4.78 is 39.1. The maximum Gasteiger partial charge on any atom is 0.416 e. The molecule has 3 rings (SSSR count). The van der Waals surface area contributed by atoms with Gasteiger partial charge in [-0.15, -0.1) is 0 Å². The first-order valence-electron chi connectivity index (χ1n) is 7.50. The van der Waals surface area contributed by atoms with E-state index in [4.69, 9.17) is 0 Å². The molecule has 0 aromatic heterocycles. The fourth-order valence-corrected chi connectivity index (χ4v) is 3.27. The molecule has 0 spiro atoms. The molecule has 1 fully saturated rings. The summed E-state index contributed by atoms with van der Waals surface area (Å²) in [6, 6.07) is 5.75. The molecular formula is C17H19F3N2. The van der Waals surface area contributed by atoms with Crippen LogP contribution in [0.15, 0.2) is 48.6 Å². The average molecular weight is 308 g/mol. The Hall–Kier alpha value is -1.59. The van der Waals surface area contributed by atoms with Gasteiger partial charge in [-0.05, 0) is 24.1 Å². The third-order valence-corrected chi connectivity index (χ3v) is 4.42. The minimum Gasteiger partial charge on any atom is -0.314 e. The zero-order chi connectivity index (χ0) is 15.6. The molecule has 0 saturated carbocycles. The molecule has 1 aromatic rings. The Bertz CT molecular complexity index is 586. The lowest BCUT2D eigenvalue weighted by molar-refractivity contribution is -0.137. The smallest absolute Gasteiger partial charge is 0.314 e. The van der Waals surface area contributed by atoms with Gasteiger partial charge in [0.2, 0.25) is 0 Å². The van der Waals surface area contributed by atoms with E-state index in [1.165, 1.54) is 12.1 Å². The standard InChI is InChI=1S/C17H19F3N2/c18-17(19,20)15-6-4-5-14(13-15)16(7-2-1-3-8-16)22-11-9-21-10-12-22/h1-7,13,21H,8-12H2. The lowest BCUT2D eigenvalue weighted by Crippen LogP contribution is -2.53. The van der Waals surface area contributed by atoms with E-state index in [-0.39, 0.29) is 0 Å². The molecule has 2 nitrogen and oxygen atoms in total. The van der Waals surface area contributed by atoms with Gasteiger partial charge in [-0.1, -0.05) is 36.4 Å². The molecule has 1 aliphatic carbocycles. The Labute approximate surface area is 128 Å². The summed E-state index contributed by atoms with van der Waals surface area (Å²) in [5.74, 6) is 0. The van der Waals surface area contributed by atoms with Crippen LogP contribution in [0.5, 0.6) is 0 Å². The van der Waals surface area contributed by atoms with Gasteiger partial charge in [0.05, 0.1) is 11.1 Å². The molecule has 1 saturated heterocycles. The Kier molecular flexibility index (Phi) is 4.10. The van der Waals surface area contributed by atoms with Crippen LogP contribution in [0, 0.1) is 0 Å². The average Bonchev–Trinajstić information content (AvgIpc) is 2.56. The molecule has 1 atom stereocenters. The molecule has 1 heterocycles. The molecule has 118 valence electrons. The molecule has 0 amide bonds. The van der Waals surface area contributed by atoms with Crippen molar-refractivity contribution in [2.45, 2.75) is 18.1 Å². The van der Waals surface area contributed by atoms with Crippen LogP contribution in [0.25, 0.3) is 0 Å². The number of rotatable bonds is 2. The van der Waals surface area contributed by atoms with Gasteiger partial charge in [0.15, 0.2) is 0 Å². The molecule has 0 radical (unpaired) electrons. The van der Waals surface area contributed by atoms with Crippen LogP contribution in [-0.2, 0) is 11.7 Å². The zero-order valence-electron chi connectivity index (χ0n) is 12.2. The zero-order valence-corrected chi connectivity index (χ0v) is 12.2.